The van der Waals surface area contributed by atoms with Crippen LogP contribution < -0.4 is 4.90 Å². The molecule has 1 saturated heterocycles. The number of carbonyl (C=O) groups excluding carboxylic acids is 1. The van der Waals surface area contributed by atoms with Gasteiger partial charge in [0.1, 0.15) is 5.60 Å². The van der Waals surface area contributed by atoms with E-state index in [9.17, 15) is 4.79 Å². The number of ketones is 1. The number of carbonyl (C=O) groups is 1. The Labute approximate surface area is 128 Å². The number of benzene rings is 1. The molecule has 1 aromatic carbocycles. The molecule has 1 aromatic rings. The molecule has 0 aromatic heterocycles. The maximum Gasteiger partial charge on any atom is 0.171 e. The van der Waals surface area contributed by atoms with E-state index in [4.69, 9.17) is 4.74 Å². The predicted octanol–water partition coefficient (Wildman–Crippen LogP) is 3.59. The van der Waals surface area contributed by atoms with Crippen molar-refractivity contribution >= 4 is 11.5 Å². The van der Waals surface area contributed by atoms with Crippen molar-refractivity contribution in [2.75, 3.05) is 18.0 Å². The van der Waals surface area contributed by atoms with E-state index in [1.165, 1.54) is 11.3 Å². The Morgan fingerprint density at radius 1 is 1.24 bits per heavy atom. The van der Waals surface area contributed by atoms with E-state index in [-0.39, 0.29) is 11.7 Å². The van der Waals surface area contributed by atoms with Crippen LogP contribution in [0.1, 0.15) is 40.2 Å². The highest BCUT2D eigenvalue weighted by Crippen LogP contribution is 2.40. The monoisotopic (exact) mass is 289 g/mol. The first-order valence-corrected chi connectivity index (χ1v) is 7.73. The molecule has 116 valence electrons. The zero-order chi connectivity index (χ0) is 15.8. The molecule has 1 heterocycles. The van der Waals surface area contributed by atoms with Gasteiger partial charge < -0.3 is 9.64 Å². The molecule has 3 heteroatoms. The lowest BCUT2D eigenvalue weighted by Crippen LogP contribution is -2.41. The summed E-state index contributed by atoms with van der Waals surface area (Å²) in [5, 5.41) is 0. The highest BCUT2D eigenvalue weighted by molar-refractivity contribution is 5.92. The Morgan fingerprint density at radius 2 is 1.90 bits per heavy atom. The number of aryl methyl sites for hydroxylation is 1. The molecule has 2 rings (SSSR count). The maximum absolute atomic E-state index is 12.6. The summed E-state index contributed by atoms with van der Waals surface area (Å²) in [6.07, 6.45) is 0. The smallest absolute Gasteiger partial charge is 0.171 e. The van der Waals surface area contributed by atoms with Crippen LogP contribution in [0.15, 0.2) is 24.3 Å². The Morgan fingerprint density at radius 3 is 2.38 bits per heavy atom. The van der Waals surface area contributed by atoms with Crippen LogP contribution in [-0.4, -0.2) is 30.1 Å². The van der Waals surface area contributed by atoms with Gasteiger partial charge in [-0.3, -0.25) is 4.79 Å². The third-order valence-electron chi connectivity index (χ3n) is 4.42. The van der Waals surface area contributed by atoms with E-state index < -0.39 is 11.2 Å². The van der Waals surface area contributed by atoms with E-state index >= 15 is 0 Å². The minimum atomic E-state index is -0.680. The third kappa shape index (κ3) is 3.13. The average molecular weight is 289 g/mol. The molecule has 0 bridgehead atoms. The highest BCUT2D eigenvalue weighted by atomic mass is 16.5. The Kier molecular flexibility index (Phi) is 4.16. The molecule has 0 spiro atoms. The zero-order valence-corrected chi connectivity index (χ0v) is 14.1. The lowest BCUT2D eigenvalue weighted by atomic mass is 9.85. The van der Waals surface area contributed by atoms with Crippen molar-refractivity contribution in [2.24, 2.45) is 5.92 Å². The van der Waals surface area contributed by atoms with Crippen LogP contribution in [0.4, 0.5) is 5.69 Å². The van der Waals surface area contributed by atoms with Gasteiger partial charge in [-0.15, -0.1) is 0 Å². The number of hydrogen-bond acceptors (Lipinski definition) is 3. The fourth-order valence-electron chi connectivity index (χ4n) is 3.28. The molecule has 1 aliphatic rings. The predicted molar refractivity (Wildman–Crippen MR) is 86.8 cm³/mol. The Bertz CT molecular complexity index is 534. The number of Topliss-reactive ketones (excluding diaryl/α,β-unsaturated/α-hetero) is 1. The summed E-state index contributed by atoms with van der Waals surface area (Å²) in [4.78, 5) is 14.9. The van der Waals surface area contributed by atoms with Gasteiger partial charge in [0, 0.05) is 18.8 Å². The van der Waals surface area contributed by atoms with Crippen LogP contribution in [0, 0.1) is 12.8 Å². The fraction of sp³-hybridized carbons (Fsp3) is 0.611. The summed E-state index contributed by atoms with van der Waals surface area (Å²) < 4.78 is 5.99. The number of anilines is 1. The summed E-state index contributed by atoms with van der Waals surface area (Å²) in [6.45, 7) is 13.6. The third-order valence-corrected chi connectivity index (χ3v) is 4.42. The van der Waals surface area contributed by atoms with Gasteiger partial charge >= 0.3 is 0 Å². The number of hydrogen-bond donors (Lipinski definition) is 0. The van der Waals surface area contributed by atoms with E-state index in [0.29, 0.717) is 6.54 Å². The Hall–Kier alpha value is -1.35. The van der Waals surface area contributed by atoms with Crippen molar-refractivity contribution in [1.29, 1.82) is 0 Å². The van der Waals surface area contributed by atoms with Crippen molar-refractivity contribution in [2.45, 2.75) is 52.7 Å². The fourth-order valence-corrected chi connectivity index (χ4v) is 3.28. The second kappa shape index (κ2) is 5.45. The molecule has 1 fully saturated rings. The second-order valence-corrected chi connectivity index (χ2v) is 7.01. The van der Waals surface area contributed by atoms with E-state index in [1.54, 1.807) is 0 Å². The van der Waals surface area contributed by atoms with Crippen LogP contribution >= 0.6 is 0 Å². The van der Waals surface area contributed by atoms with Crippen LogP contribution in [0.2, 0.25) is 0 Å². The molecule has 21 heavy (non-hydrogen) atoms. The summed E-state index contributed by atoms with van der Waals surface area (Å²) in [5.41, 5.74) is 1.31. The second-order valence-electron chi connectivity index (χ2n) is 7.01. The molecule has 1 unspecified atom stereocenters. The maximum atomic E-state index is 12.6. The SMILES string of the molecule is CCN(CC1C(=O)C(C)(C)OC1(C)C)c1cccc(C)c1. The van der Waals surface area contributed by atoms with Gasteiger partial charge in [-0.2, -0.15) is 0 Å². The van der Waals surface area contributed by atoms with Crippen molar-refractivity contribution in [3.05, 3.63) is 29.8 Å². The van der Waals surface area contributed by atoms with Gasteiger partial charge in [-0.25, -0.2) is 0 Å². The van der Waals surface area contributed by atoms with E-state index in [1.807, 2.05) is 27.7 Å². The van der Waals surface area contributed by atoms with Crippen LogP contribution in [0.3, 0.4) is 0 Å². The average Bonchev–Trinajstić information content (AvgIpc) is 2.52. The first-order valence-electron chi connectivity index (χ1n) is 7.73. The molecule has 1 aliphatic heterocycles. The first kappa shape index (κ1) is 16.0. The molecular weight excluding hydrogens is 262 g/mol. The molecule has 1 atom stereocenters. The van der Waals surface area contributed by atoms with Crippen LogP contribution in [0.5, 0.6) is 0 Å². The minimum Gasteiger partial charge on any atom is -0.371 e. The van der Waals surface area contributed by atoms with Gasteiger partial charge in [-0.05, 0) is 59.2 Å². The normalized spacial score (nSPS) is 23.3. The standard InChI is InChI=1S/C18H27NO2/c1-7-19(14-10-8-9-13(2)11-14)12-15-16(20)18(5,6)21-17(15,3)4/h8-11,15H,7,12H2,1-6H3. The largest absolute Gasteiger partial charge is 0.371 e. The first-order chi connectivity index (χ1) is 9.67. The van der Waals surface area contributed by atoms with Crippen LogP contribution in [0.25, 0.3) is 0 Å². The van der Waals surface area contributed by atoms with Gasteiger partial charge in [0.05, 0.1) is 11.5 Å². The highest BCUT2D eigenvalue weighted by Gasteiger charge is 2.53. The molecule has 0 amide bonds. The minimum absolute atomic E-state index is 0.104. The van der Waals surface area contributed by atoms with E-state index in [0.717, 1.165) is 6.54 Å². The van der Waals surface area contributed by atoms with Gasteiger partial charge in [-0.1, -0.05) is 12.1 Å². The van der Waals surface area contributed by atoms with Crippen LogP contribution in [-0.2, 0) is 9.53 Å². The summed E-state index contributed by atoms with van der Waals surface area (Å²) in [7, 11) is 0. The lowest BCUT2D eigenvalue weighted by molar-refractivity contribution is -0.132. The Balaban J connectivity index is 2.24. The van der Waals surface area contributed by atoms with Gasteiger partial charge in [0.15, 0.2) is 5.78 Å². The van der Waals surface area contributed by atoms with Crippen molar-refractivity contribution in [3.8, 4) is 0 Å². The van der Waals surface area contributed by atoms with Gasteiger partial charge in [0.2, 0.25) is 0 Å². The number of nitrogens with zero attached hydrogens (tertiary/aromatic N) is 1. The molecule has 0 radical (unpaired) electrons. The zero-order valence-electron chi connectivity index (χ0n) is 14.1. The molecule has 0 aliphatic carbocycles. The summed E-state index contributed by atoms with van der Waals surface area (Å²) >= 11 is 0. The summed E-state index contributed by atoms with van der Waals surface area (Å²) in [6, 6.07) is 8.43. The van der Waals surface area contributed by atoms with Crippen molar-refractivity contribution in [1.82, 2.24) is 0 Å². The van der Waals surface area contributed by atoms with E-state index in [2.05, 4.69) is 43.0 Å². The van der Waals surface area contributed by atoms with Gasteiger partial charge in [0.25, 0.3) is 0 Å². The lowest BCUT2D eigenvalue weighted by Gasteiger charge is -2.31. The van der Waals surface area contributed by atoms with Crippen molar-refractivity contribution in [3.63, 3.8) is 0 Å². The number of rotatable bonds is 4. The molecule has 0 N–H and O–H groups in total. The molecular formula is C18H27NO2. The number of ether oxygens (including phenoxy) is 1. The molecule has 0 saturated carbocycles. The summed E-state index contributed by atoms with van der Waals surface area (Å²) in [5.74, 6) is 0.103. The topological polar surface area (TPSA) is 29.5 Å². The molecule has 3 nitrogen and oxygen atoms in total. The quantitative estimate of drug-likeness (QED) is 0.848. The van der Waals surface area contributed by atoms with Crippen molar-refractivity contribution < 1.29 is 9.53 Å².